The number of hydrogen-bond acceptors (Lipinski definition) is 5. The fourth-order valence-corrected chi connectivity index (χ4v) is 1.68. The summed E-state index contributed by atoms with van der Waals surface area (Å²) >= 11 is 0. The SMILES string of the molecule is Cc1ccc(C(=O)O)c(OCc2nc(C(C)(C)C)no2)c1. The van der Waals surface area contributed by atoms with Crippen molar-refractivity contribution in [3.05, 3.63) is 41.0 Å². The fourth-order valence-electron chi connectivity index (χ4n) is 1.68. The van der Waals surface area contributed by atoms with E-state index in [4.69, 9.17) is 14.4 Å². The Hall–Kier alpha value is -2.37. The van der Waals surface area contributed by atoms with E-state index in [1.807, 2.05) is 27.7 Å². The summed E-state index contributed by atoms with van der Waals surface area (Å²) in [6.07, 6.45) is 0. The van der Waals surface area contributed by atoms with Gasteiger partial charge in [0.05, 0.1) is 0 Å². The van der Waals surface area contributed by atoms with Crippen molar-refractivity contribution in [3.8, 4) is 5.75 Å². The van der Waals surface area contributed by atoms with Crippen molar-refractivity contribution >= 4 is 5.97 Å². The molecule has 112 valence electrons. The molecule has 1 N–H and O–H groups in total. The van der Waals surface area contributed by atoms with Gasteiger partial charge >= 0.3 is 5.97 Å². The maximum Gasteiger partial charge on any atom is 0.339 e. The van der Waals surface area contributed by atoms with Crippen molar-refractivity contribution < 1.29 is 19.2 Å². The van der Waals surface area contributed by atoms with Gasteiger partial charge in [-0.2, -0.15) is 4.98 Å². The van der Waals surface area contributed by atoms with Gasteiger partial charge in [0.2, 0.25) is 0 Å². The Balaban J connectivity index is 2.15. The van der Waals surface area contributed by atoms with Crippen LogP contribution in [0.15, 0.2) is 22.7 Å². The van der Waals surface area contributed by atoms with Gasteiger partial charge in [-0.15, -0.1) is 0 Å². The second-order valence-corrected chi connectivity index (χ2v) is 5.86. The molecule has 0 unspecified atom stereocenters. The van der Waals surface area contributed by atoms with Gasteiger partial charge in [-0.05, 0) is 24.6 Å². The van der Waals surface area contributed by atoms with Gasteiger partial charge in [0.15, 0.2) is 12.4 Å². The van der Waals surface area contributed by atoms with E-state index in [1.54, 1.807) is 12.1 Å². The predicted octanol–water partition coefficient (Wildman–Crippen LogP) is 2.95. The number of aromatic nitrogens is 2. The Morgan fingerprint density at radius 2 is 2.10 bits per heavy atom. The number of aryl methyl sites for hydroxylation is 1. The van der Waals surface area contributed by atoms with E-state index in [1.165, 1.54) is 6.07 Å². The van der Waals surface area contributed by atoms with Crippen LogP contribution in [0, 0.1) is 6.92 Å². The Morgan fingerprint density at radius 1 is 1.38 bits per heavy atom. The van der Waals surface area contributed by atoms with Crippen molar-refractivity contribution in [1.29, 1.82) is 0 Å². The molecule has 0 atom stereocenters. The summed E-state index contributed by atoms with van der Waals surface area (Å²) in [7, 11) is 0. The lowest BCUT2D eigenvalue weighted by molar-refractivity contribution is 0.0691. The third-order valence-electron chi connectivity index (χ3n) is 2.86. The number of benzene rings is 1. The first kappa shape index (κ1) is 15.0. The minimum absolute atomic E-state index is 0.0345. The minimum atomic E-state index is -1.04. The Labute approximate surface area is 122 Å². The molecule has 0 aliphatic carbocycles. The third kappa shape index (κ3) is 3.59. The molecule has 0 aliphatic heterocycles. The molecular formula is C15H18N2O4. The summed E-state index contributed by atoms with van der Waals surface area (Å²) in [5.74, 6) is 0.158. The van der Waals surface area contributed by atoms with Gasteiger partial charge < -0.3 is 14.4 Å². The second-order valence-electron chi connectivity index (χ2n) is 5.86. The first-order chi connectivity index (χ1) is 9.77. The van der Waals surface area contributed by atoms with Crippen LogP contribution in [-0.2, 0) is 12.0 Å². The molecule has 0 spiro atoms. The zero-order valence-electron chi connectivity index (χ0n) is 12.5. The van der Waals surface area contributed by atoms with E-state index < -0.39 is 5.97 Å². The van der Waals surface area contributed by atoms with E-state index in [-0.39, 0.29) is 23.3 Å². The quantitative estimate of drug-likeness (QED) is 0.931. The standard InChI is InChI=1S/C15H18N2O4/c1-9-5-6-10(13(18)19)11(7-9)20-8-12-16-14(17-21-12)15(2,3)4/h5-7H,8H2,1-4H3,(H,18,19). The topological polar surface area (TPSA) is 85.5 Å². The molecule has 0 bridgehead atoms. The highest BCUT2D eigenvalue weighted by Gasteiger charge is 2.21. The maximum absolute atomic E-state index is 11.1. The summed E-state index contributed by atoms with van der Waals surface area (Å²) in [6.45, 7) is 7.83. The van der Waals surface area contributed by atoms with E-state index in [2.05, 4.69) is 10.1 Å². The van der Waals surface area contributed by atoms with Gasteiger partial charge in [-0.1, -0.05) is 32.0 Å². The molecule has 6 nitrogen and oxygen atoms in total. The van der Waals surface area contributed by atoms with Gasteiger partial charge in [0, 0.05) is 5.41 Å². The summed E-state index contributed by atoms with van der Waals surface area (Å²) in [5, 5.41) is 13.0. The van der Waals surface area contributed by atoms with E-state index in [0.29, 0.717) is 11.7 Å². The third-order valence-corrected chi connectivity index (χ3v) is 2.86. The van der Waals surface area contributed by atoms with Crippen molar-refractivity contribution in [3.63, 3.8) is 0 Å². The molecule has 21 heavy (non-hydrogen) atoms. The molecular weight excluding hydrogens is 272 g/mol. The lowest BCUT2D eigenvalue weighted by Crippen LogP contribution is -2.13. The number of ether oxygens (including phenoxy) is 1. The number of nitrogens with zero attached hydrogens (tertiary/aromatic N) is 2. The number of rotatable bonds is 4. The molecule has 0 amide bonds. The number of hydrogen-bond donors (Lipinski definition) is 1. The highest BCUT2D eigenvalue weighted by molar-refractivity contribution is 5.90. The molecule has 2 rings (SSSR count). The number of aromatic carboxylic acids is 1. The molecule has 6 heteroatoms. The summed E-state index contributed by atoms with van der Waals surface area (Å²) in [4.78, 5) is 15.4. The summed E-state index contributed by atoms with van der Waals surface area (Å²) in [5.41, 5.74) is 0.809. The van der Waals surface area contributed by atoms with Gasteiger partial charge in [0.1, 0.15) is 11.3 Å². The molecule has 1 aromatic carbocycles. The maximum atomic E-state index is 11.1. The van der Waals surface area contributed by atoms with Crippen molar-refractivity contribution in [1.82, 2.24) is 10.1 Å². The normalized spacial score (nSPS) is 11.4. The molecule has 0 saturated carbocycles. The van der Waals surface area contributed by atoms with Crippen LogP contribution in [0.5, 0.6) is 5.75 Å². The molecule has 0 saturated heterocycles. The molecule has 0 fully saturated rings. The average Bonchev–Trinajstić information content (AvgIpc) is 2.84. The van der Waals surface area contributed by atoms with Crippen molar-refractivity contribution in [2.75, 3.05) is 0 Å². The molecule has 1 heterocycles. The van der Waals surface area contributed by atoms with E-state index in [9.17, 15) is 4.79 Å². The van der Waals surface area contributed by atoms with E-state index in [0.717, 1.165) is 5.56 Å². The minimum Gasteiger partial charge on any atom is -0.483 e. The Morgan fingerprint density at radius 3 is 2.67 bits per heavy atom. The number of carbonyl (C=O) groups is 1. The predicted molar refractivity (Wildman–Crippen MR) is 75.5 cm³/mol. The Bertz CT molecular complexity index is 656. The van der Waals surface area contributed by atoms with Gasteiger partial charge in [-0.25, -0.2) is 4.79 Å². The summed E-state index contributed by atoms with van der Waals surface area (Å²) in [6, 6.07) is 4.91. The zero-order valence-corrected chi connectivity index (χ0v) is 12.5. The van der Waals surface area contributed by atoms with Crippen molar-refractivity contribution in [2.45, 2.75) is 39.7 Å². The van der Waals surface area contributed by atoms with Crippen LogP contribution < -0.4 is 4.74 Å². The Kier molecular flexibility index (Phi) is 3.97. The summed E-state index contributed by atoms with van der Waals surface area (Å²) < 4.78 is 10.6. The zero-order chi connectivity index (χ0) is 15.6. The van der Waals surface area contributed by atoms with Crippen LogP contribution >= 0.6 is 0 Å². The van der Waals surface area contributed by atoms with Crippen LogP contribution in [0.2, 0.25) is 0 Å². The van der Waals surface area contributed by atoms with Crippen LogP contribution in [0.25, 0.3) is 0 Å². The molecule has 0 aliphatic rings. The highest BCUT2D eigenvalue weighted by Crippen LogP contribution is 2.22. The monoisotopic (exact) mass is 290 g/mol. The van der Waals surface area contributed by atoms with Gasteiger partial charge in [0.25, 0.3) is 5.89 Å². The molecule has 0 radical (unpaired) electrons. The van der Waals surface area contributed by atoms with Crippen molar-refractivity contribution in [2.24, 2.45) is 0 Å². The van der Waals surface area contributed by atoms with E-state index >= 15 is 0 Å². The second kappa shape index (κ2) is 5.55. The lowest BCUT2D eigenvalue weighted by Gasteiger charge is -2.11. The van der Waals surface area contributed by atoms with Crippen LogP contribution in [0.4, 0.5) is 0 Å². The largest absolute Gasteiger partial charge is 0.483 e. The number of carboxylic acids is 1. The highest BCUT2D eigenvalue weighted by atomic mass is 16.5. The molecule has 2 aromatic rings. The van der Waals surface area contributed by atoms with Gasteiger partial charge in [-0.3, -0.25) is 0 Å². The fraction of sp³-hybridized carbons (Fsp3) is 0.400. The molecule has 1 aromatic heterocycles. The van der Waals surface area contributed by atoms with Crippen LogP contribution in [0.1, 0.15) is 48.4 Å². The lowest BCUT2D eigenvalue weighted by atomic mass is 9.96. The van der Waals surface area contributed by atoms with Crippen LogP contribution in [-0.4, -0.2) is 21.2 Å². The first-order valence-corrected chi connectivity index (χ1v) is 6.57. The average molecular weight is 290 g/mol. The smallest absolute Gasteiger partial charge is 0.339 e. The van der Waals surface area contributed by atoms with Crippen LogP contribution in [0.3, 0.4) is 0 Å². The first-order valence-electron chi connectivity index (χ1n) is 6.57. The number of carboxylic acid groups (broad SMARTS) is 1.